The van der Waals surface area contributed by atoms with Gasteiger partial charge in [-0.15, -0.1) is 0 Å². The van der Waals surface area contributed by atoms with Gasteiger partial charge in [0.2, 0.25) is 5.91 Å². The third-order valence-electron chi connectivity index (χ3n) is 5.50. The van der Waals surface area contributed by atoms with Crippen LogP contribution in [0.5, 0.6) is 0 Å². The molecule has 1 fully saturated rings. The summed E-state index contributed by atoms with van der Waals surface area (Å²) in [6.07, 6.45) is -3.67. The second kappa shape index (κ2) is 9.74. The average Bonchev–Trinajstić information content (AvgIpc) is 3.55. The molecule has 0 unspecified atom stereocenters. The van der Waals surface area contributed by atoms with Gasteiger partial charge < -0.3 is 20.7 Å². The molecule has 178 valence electrons. The van der Waals surface area contributed by atoms with Crippen LogP contribution in [0.25, 0.3) is 0 Å². The van der Waals surface area contributed by atoms with E-state index in [0.717, 1.165) is 12.8 Å². The minimum atomic E-state index is -4.59. The van der Waals surface area contributed by atoms with E-state index in [0.29, 0.717) is 6.29 Å². The molecule has 1 amide bonds. The number of rotatable bonds is 10. The highest BCUT2D eigenvalue weighted by atomic mass is 19.4. The molecule has 0 aromatic carbocycles. The van der Waals surface area contributed by atoms with Crippen molar-refractivity contribution in [2.75, 3.05) is 19.6 Å². The van der Waals surface area contributed by atoms with Crippen LogP contribution in [0.4, 0.5) is 22.0 Å². The van der Waals surface area contributed by atoms with Crippen molar-refractivity contribution in [3.05, 3.63) is 22.8 Å². The number of alkyl halides is 5. The van der Waals surface area contributed by atoms with E-state index in [2.05, 4.69) is 15.3 Å². The molecule has 2 aliphatic rings. The Hall–Kier alpha value is -2.21. The van der Waals surface area contributed by atoms with Gasteiger partial charge in [-0.2, -0.15) is 13.2 Å². The number of amides is 1. The van der Waals surface area contributed by atoms with Crippen LogP contribution in [0.15, 0.2) is 0 Å². The van der Waals surface area contributed by atoms with Gasteiger partial charge >= 0.3 is 6.18 Å². The normalized spacial score (nSPS) is 17.8. The van der Waals surface area contributed by atoms with Crippen LogP contribution in [0.2, 0.25) is 0 Å². The van der Waals surface area contributed by atoms with Crippen LogP contribution in [-0.4, -0.2) is 58.7 Å². The predicted octanol–water partition coefficient (Wildman–Crippen LogP) is 2.18. The number of hydrogen-bond acceptors (Lipinski definition) is 6. The van der Waals surface area contributed by atoms with Gasteiger partial charge in [-0.05, 0) is 19.3 Å². The van der Waals surface area contributed by atoms with Gasteiger partial charge in [0.05, 0.1) is 18.8 Å². The van der Waals surface area contributed by atoms with Gasteiger partial charge in [0.15, 0.2) is 5.69 Å². The molecule has 1 aromatic rings. The molecule has 32 heavy (non-hydrogen) atoms. The number of aromatic nitrogens is 2. The van der Waals surface area contributed by atoms with Crippen molar-refractivity contribution < 1.29 is 31.5 Å². The fourth-order valence-electron chi connectivity index (χ4n) is 3.65. The summed E-state index contributed by atoms with van der Waals surface area (Å²) in [6, 6.07) is -0.746. The first-order chi connectivity index (χ1) is 15.0. The summed E-state index contributed by atoms with van der Waals surface area (Å²) < 4.78 is 67.5. The first-order valence-corrected chi connectivity index (χ1v) is 10.5. The third-order valence-corrected chi connectivity index (χ3v) is 5.50. The quantitative estimate of drug-likeness (QED) is 0.408. The molecular formula is C20H26F5N5O2. The fraction of sp³-hybridized carbons (Fsp3) is 0.700. The number of aldehydes is 1. The molecular weight excluding hydrogens is 437 g/mol. The molecule has 0 saturated heterocycles. The van der Waals surface area contributed by atoms with Crippen LogP contribution in [0.3, 0.4) is 0 Å². The molecule has 1 atom stereocenters. The zero-order valence-electron chi connectivity index (χ0n) is 17.4. The van der Waals surface area contributed by atoms with Crippen LogP contribution in [0, 0.1) is 0 Å². The number of halogens is 5. The highest BCUT2D eigenvalue weighted by Crippen LogP contribution is 2.41. The standard InChI is InChI=1S/C20H26F5N5O2/c21-19(22,5-1-7-31)11-27-9-13(26)8-16(32)30-6-4-14-15(10-30)28-18(12-2-3-12)29-17(14)20(23,24)25/h7,12-13,27H,1-6,8-11,26H2/t13-/m0/s1. The largest absolute Gasteiger partial charge is 0.433 e. The first kappa shape index (κ1) is 24.4. The van der Waals surface area contributed by atoms with Crippen LogP contribution in [0.1, 0.15) is 60.8 Å². The molecule has 12 heteroatoms. The molecule has 7 nitrogen and oxygen atoms in total. The Morgan fingerprint density at radius 1 is 1.25 bits per heavy atom. The number of carbonyl (C=O) groups is 2. The predicted molar refractivity (Wildman–Crippen MR) is 104 cm³/mol. The van der Waals surface area contributed by atoms with E-state index in [-0.39, 0.29) is 67.8 Å². The van der Waals surface area contributed by atoms with Crippen molar-refractivity contribution in [3.8, 4) is 0 Å². The Morgan fingerprint density at radius 2 is 1.97 bits per heavy atom. The second-order valence-electron chi connectivity index (χ2n) is 8.35. The molecule has 0 radical (unpaired) electrons. The first-order valence-electron chi connectivity index (χ1n) is 10.5. The zero-order valence-corrected chi connectivity index (χ0v) is 17.4. The van der Waals surface area contributed by atoms with Crippen LogP contribution >= 0.6 is 0 Å². The van der Waals surface area contributed by atoms with Gasteiger partial charge in [-0.1, -0.05) is 0 Å². The Kier molecular flexibility index (Phi) is 7.43. The Morgan fingerprint density at radius 3 is 2.59 bits per heavy atom. The summed E-state index contributed by atoms with van der Waals surface area (Å²) in [5, 5.41) is 2.50. The summed E-state index contributed by atoms with van der Waals surface area (Å²) >= 11 is 0. The van der Waals surface area contributed by atoms with Gasteiger partial charge in [0.1, 0.15) is 12.1 Å². The summed E-state index contributed by atoms with van der Waals surface area (Å²) in [5.74, 6) is -3.34. The van der Waals surface area contributed by atoms with E-state index >= 15 is 0 Å². The van der Waals surface area contributed by atoms with Crippen molar-refractivity contribution in [1.82, 2.24) is 20.2 Å². The van der Waals surface area contributed by atoms with E-state index in [1.54, 1.807) is 0 Å². The second-order valence-corrected chi connectivity index (χ2v) is 8.35. The number of nitrogens with two attached hydrogens (primary N) is 1. The summed E-state index contributed by atoms with van der Waals surface area (Å²) in [7, 11) is 0. The summed E-state index contributed by atoms with van der Waals surface area (Å²) in [5.41, 5.74) is 5.18. The fourth-order valence-corrected chi connectivity index (χ4v) is 3.65. The lowest BCUT2D eigenvalue weighted by atomic mass is 10.0. The van der Waals surface area contributed by atoms with Crippen molar-refractivity contribution in [1.29, 1.82) is 0 Å². The van der Waals surface area contributed by atoms with E-state index < -0.39 is 36.8 Å². The average molecular weight is 463 g/mol. The monoisotopic (exact) mass is 463 g/mol. The molecule has 1 aliphatic carbocycles. The van der Waals surface area contributed by atoms with E-state index in [4.69, 9.17) is 5.73 Å². The third kappa shape index (κ3) is 6.41. The van der Waals surface area contributed by atoms with Crippen molar-refractivity contribution in [2.24, 2.45) is 5.73 Å². The number of nitrogens with zero attached hydrogens (tertiary/aromatic N) is 3. The summed E-state index contributed by atoms with van der Waals surface area (Å²) in [6.45, 7) is -0.700. The SMILES string of the molecule is N[C@H](CNCC(F)(F)CCC=O)CC(=O)N1CCc2c(nc(C3CC3)nc2C(F)(F)F)C1. The number of fused-ring (bicyclic) bond motifs is 1. The smallest absolute Gasteiger partial charge is 0.336 e. The summed E-state index contributed by atoms with van der Waals surface area (Å²) in [4.78, 5) is 32.3. The van der Waals surface area contributed by atoms with Crippen LogP contribution in [-0.2, 0) is 28.7 Å². The minimum absolute atomic E-state index is 0.0166. The molecule has 3 N–H and O–H groups in total. The number of hydrogen-bond donors (Lipinski definition) is 2. The van der Waals surface area contributed by atoms with Crippen molar-refractivity contribution in [3.63, 3.8) is 0 Å². The molecule has 0 spiro atoms. The highest BCUT2D eigenvalue weighted by molar-refractivity contribution is 5.77. The van der Waals surface area contributed by atoms with Crippen molar-refractivity contribution in [2.45, 2.75) is 69.1 Å². The Labute approximate surface area is 181 Å². The van der Waals surface area contributed by atoms with E-state index in [1.165, 1.54) is 4.90 Å². The maximum absolute atomic E-state index is 13.5. The maximum Gasteiger partial charge on any atom is 0.433 e. The Balaban J connectivity index is 1.57. The molecule has 1 saturated carbocycles. The van der Waals surface area contributed by atoms with E-state index in [9.17, 15) is 31.5 Å². The lowest BCUT2D eigenvalue weighted by molar-refractivity contribution is -0.142. The van der Waals surface area contributed by atoms with Gasteiger partial charge in [0.25, 0.3) is 5.92 Å². The topological polar surface area (TPSA) is 101 Å². The molecule has 1 aliphatic heterocycles. The van der Waals surface area contributed by atoms with E-state index in [1.807, 2.05) is 0 Å². The number of carbonyl (C=O) groups excluding carboxylic acids is 2. The highest BCUT2D eigenvalue weighted by Gasteiger charge is 2.41. The maximum atomic E-state index is 13.5. The van der Waals surface area contributed by atoms with Gasteiger partial charge in [0, 0.05) is 49.9 Å². The van der Waals surface area contributed by atoms with Gasteiger partial charge in [-0.25, -0.2) is 18.7 Å². The van der Waals surface area contributed by atoms with Crippen molar-refractivity contribution >= 4 is 12.2 Å². The lowest BCUT2D eigenvalue weighted by Gasteiger charge is -2.30. The zero-order chi connectivity index (χ0) is 23.5. The van der Waals surface area contributed by atoms with Crippen LogP contribution < -0.4 is 11.1 Å². The lowest BCUT2D eigenvalue weighted by Crippen LogP contribution is -2.44. The molecule has 3 rings (SSSR count). The molecule has 0 bridgehead atoms. The molecule has 2 heterocycles. The minimum Gasteiger partial charge on any atom is -0.336 e. The Bertz CT molecular complexity index is 844. The number of nitrogens with one attached hydrogen (secondary N) is 1. The molecule has 1 aromatic heterocycles. The van der Waals surface area contributed by atoms with Gasteiger partial charge in [-0.3, -0.25) is 4.79 Å².